The van der Waals surface area contributed by atoms with E-state index in [1.165, 1.54) is 116 Å². The van der Waals surface area contributed by atoms with Crippen molar-refractivity contribution in [1.82, 2.24) is 9.99 Å². The Morgan fingerprint density at radius 3 is 1.15 bits per heavy atom. The lowest BCUT2D eigenvalue weighted by atomic mass is 10.0. The van der Waals surface area contributed by atoms with Crippen LogP contribution in [0.4, 0.5) is 5.82 Å². The van der Waals surface area contributed by atoms with E-state index in [2.05, 4.69) is 30.8 Å². The minimum Gasteiger partial charge on any atom is -0.392 e. The van der Waals surface area contributed by atoms with Crippen LogP contribution >= 0.6 is 0 Å². The van der Waals surface area contributed by atoms with E-state index in [1.807, 2.05) is 23.2 Å². The molecular formula is C41H79N3O3. The summed E-state index contributed by atoms with van der Waals surface area (Å²) in [7, 11) is 0. The quantitative estimate of drug-likeness (QED) is 0.0496. The number of unbranched alkanes of at least 4 members (excludes halogenated alkanes) is 21. The number of pyridine rings is 1. The first kappa shape index (κ1) is 43.8. The van der Waals surface area contributed by atoms with E-state index in [4.69, 9.17) is 0 Å². The van der Waals surface area contributed by atoms with E-state index in [0.717, 1.165) is 63.6 Å². The molecule has 3 atom stereocenters. The van der Waals surface area contributed by atoms with Gasteiger partial charge in [-0.15, -0.1) is 0 Å². The number of aromatic nitrogens is 1. The first-order chi connectivity index (χ1) is 23.0. The van der Waals surface area contributed by atoms with E-state index in [0.29, 0.717) is 19.6 Å². The lowest BCUT2D eigenvalue weighted by Gasteiger charge is -2.39. The first-order valence-corrected chi connectivity index (χ1v) is 20.5. The Kier molecular flexibility index (Phi) is 29.8. The maximum Gasteiger partial charge on any atom is 0.142 e. The van der Waals surface area contributed by atoms with Gasteiger partial charge in [-0.1, -0.05) is 181 Å². The standard InChI is InChI=1S/C41H79N3O3/c1-4-7-10-13-16-19-22-25-30-38(45)35-43(36-39(46)31-26-23-20-17-14-11-8-5-2)44(41-33-28-29-34-42-41)37-40(47)32-27-24-21-18-15-12-9-6-3/h28-29,33-34,38-40,45-47H,4-27,30-32,35-37H2,1-3H3. The average molecular weight is 662 g/mol. The molecule has 1 rings (SSSR count). The van der Waals surface area contributed by atoms with E-state index in [1.54, 1.807) is 6.20 Å². The number of anilines is 1. The molecule has 0 aliphatic rings. The van der Waals surface area contributed by atoms with Gasteiger partial charge in [0.05, 0.1) is 24.9 Å². The van der Waals surface area contributed by atoms with Crippen LogP contribution in [0.2, 0.25) is 0 Å². The van der Waals surface area contributed by atoms with Gasteiger partial charge < -0.3 is 15.3 Å². The molecule has 0 radical (unpaired) electrons. The van der Waals surface area contributed by atoms with Crippen LogP contribution < -0.4 is 5.01 Å². The maximum absolute atomic E-state index is 11.2. The summed E-state index contributed by atoms with van der Waals surface area (Å²) >= 11 is 0. The van der Waals surface area contributed by atoms with Gasteiger partial charge in [-0.05, 0) is 31.4 Å². The van der Waals surface area contributed by atoms with Gasteiger partial charge in [0, 0.05) is 19.3 Å². The van der Waals surface area contributed by atoms with Gasteiger partial charge in [0.2, 0.25) is 0 Å². The second kappa shape index (κ2) is 32.0. The SMILES string of the molecule is CCCCCCCCCCC(O)CN(CC(O)CCCCCCCCCC)N(CC(O)CCCCCCCCCC)c1ccccn1. The number of rotatable bonds is 35. The van der Waals surface area contributed by atoms with E-state index in [-0.39, 0.29) is 0 Å². The number of nitrogens with zero attached hydrogens (tertiary/aromatic N) is 3. The number of aliphatic hydroxyl groups excluding tert-OH is 3. The predicted molar refractivity (Wildman–Crippen MR) is 203 cm³/mol. The van der Waals surface area contributed by atoms with Crippen molar-refractivity contribution in [2.24, 2.45) is 0 Å². The lowest BCUT2D eigenvalue weighted by molar-refractivity contribution is 0.0442. The normalized spacial score (nSPS) is 13.7. The van der Waals surface area contributed by atoms with Crippen molar-refractivity contribution in [1.29, 1.82) is 0 Å². The molecule has 0 aliphatic carbocycles. The Morgan fingerprint density at radius 1 is 0.468 bits per heavy atom. The summed E-state index contributed by atoms with van der Waals surface area (Å²) in [6.45, 7) is 8.06. The Bertz CT molecular complexity index is 740. The minimum absolute atomic E-state index is 0.419. The Labute approximate surface area is 292 Å². The van der Waals surface area contributed by atoms with Gasteiger partial charge in [0.15, 0.2) is 0 Å². The molecule has 1 aromatic heterocycles. The van der Waals surface area contributed by atoms with Crippen molar-refractivity contribution >= 4 is 5.82 Å². The van der Waals surface area contributed by atoms with Crippen LogP contribution in [0.15, 0.2) is 24.4 Å². The van der Waals surface area contributed by atoms with Crippen molar-refractivity contribution in [3.63, 3.8) is 0 Å². The third-order valence-electron chi connectivity index (χ3n) is 9.65. The molecule has 3 unspecified atom stereocenters. The van der Waals surface area contributed by atoms with E-state index >= 15 is 0 Å². The summed E-state index contributed by atoms with van der Waals surface area (Å²) in [5.41, 5.74) is 0. The maximum atomic E-state index is 11.2. The fourth-order valence-electron chi connectivity index (χ4n) is 6.63. The third kappa shape index (κ3) is 25.4. The van der Waals surface area contributed by atoms with Crippen LogP contribution in [0.1, 0.15) is 194 Å². The Balaban J connectivity index is 2.76. The second-order valence-corrected chi connectivity index (χ2v) is 14.4. The molecular weight excluding hydrogens is 582 g/mol. The van der Waals surface area contributed by atoms with Gasteiger partial charge >= 0.3 is 0 Å². The molecule has 47 heavy (non-hydrogen) atoms. The summed E-state index contributed by atoms with van der Waals surface area (Å²) in [5, 5.41) is 37.8. The summed E-state index contributed by atoms with van der Waals surface area (Å²) in [6, 6.07) is 5.87. The molecule has 0 spiro atoms. The number of aliphatic hydroxyl groups is 3. The molecule has 0 amide bonds. The van der Waals surface area contributed by atoms with Crippen LogP contribution in [0, 0.1) is 0 Å². The molecule has 0 fully saturated rings. The fraction of sp³-hybridized carbons (Fsp3) is 0.878. The van der Waals surface area contributed by atoms with E-state index < -0.39 is 18.3 Å². The van der Waals surface area contributed by atoms with Crippen molar-refractivity contribution < 1.29 is 15.3 Å². The van der Waals surface area contributed by atoms with Gasteiger partial charge in [-0.2, -0.15) is 0 Å². The van der Waals surface area contributed by atoms with Crippen molar-refractivity contribution in [3.05, 3.63) is 24.4 Å². The first-order valence-electron chi connectivity index (χ1n) is 20.5. The summed E-state index contributed by atoms with van der Waals surface area (Å²) in [4.78, 5) is 4.66. The minimum atomic E-state index is -0.491. The monoisotopic (exact) mass is 662 g/mol. The van der Waals surface area contributed by atoms with Crippen LogP contribution in [0.3, 0.4) is 0 Å². The van der Waals surface area contributed by atoms with Gasteiger partial charge in [-0.3, -0.25) is 5.01 Å². The van der Waals surface area contributed by atoms with Crippen LogP contribution in [-0.2, 0) is 0 Å². The second-order valence-electron chi connectivity index (χ2n) is 14.4. The summed E-state index contributed by atoms with van der Waals surface area (Å²) in [5.74, 6) is 0.765. The fourth-order valence-corrected chi connectivity index (χ4v) is 6.63. The molecule has 1 heterocycles. The zero-order valence-corrected chi connectivity index (χ0v) is 31.4. The Morgan fingerprint density at radius 2 is 0.809 bits per heavy atom. The third-order valence-corrected chi connectivity index (χ3v) is 9.65. The molecule has 0 aliphatic heterocycles. The zero-order chi connectivity index (χ0) is 34.2. The Hall–Kier alpha value is -1.21. The predicted octanol–water partition coefficient (Wildman–Crippen LogP) is 10.8. The van der Waals surface area contributed by atoms with Crippen molar-refractivity contribution in [2.75, 3.05) is 24.6 Å². The van der Waals surface area contributed by atoms with Crippen LogP contribution in [0.25, 0.3) is 0 Å². The average Bonchev–Trinajstić information content (AvgIpc) is 3.07. The molecule has 6 heteroatoms. The highest BCUT2D eigenvalue weighted by atomic mass is 16.3. The largest absolute Gasteiger partial charge is 0.392 e. The van der Waals surface area contributed by atoms with Gasteiger partial charge in [-0.25, -0.2) is 9.99 Å². The topological polar surface area (TPSA) is 80.1 Å². The smallest absolute Gasteiger partial charge is 0.142 e. The van der Waals surface area contributed by atoms with E-state index in [9.17, 15) is 15.3 Å². The number of hydrogen-bond acceptors (Lipinski definition) is 6. The molecule has 0 bridgehead atoms. The molecule has 0 saturated heterocycles. The van der Waals surface area contributed by atoms with Gasteiger partial charge in [0.1, 0.15) is 5.82 Å². The van der Waals surface area contributed by atoms with Crippen LogP contribution in [0.5, 0.6) is 0 Å². The molecule has 0 aromatic carbocycles. The van der Waals surface area contributed by atoms with Gasteiger partial charge in [0.25, 0.3) is 0 Å². The molecule has 1 aromatic rings. The van der Waals surface area contributed by atoms with Crippen LogP contribution in [-0.4, -0.2) is 63.3 Å². The lowest BCUT2D eigenvalue weighted by Crippen LogP contribution is -2.52. The molecule has 0 saturated carbocycles. The highest BCUT2D eigenvalue weighted by Crippen LogP contribution is 2.20. The molecule has 6 nitrogen and oxygen atoms in total. The number of hydrogen-bond donors (Lipinski definition) is 3. The molecule has 3 N–H and O–H groups in total. The summed E-state index contributed by atoms with van der Waals surface area (Å²) in [6.07, 6.45) is 32.5. The molecule has 276 valence electrons. The summed E-state index contributed by atoms with van der Waals surface area (Å²) < 4.78 is 0. The number of hydrazine groups is 1. The highest BCUT2D eigenvalue weighted by Gasteiger charge is 2.25. The zero-order valence-electron chi connectivity index (χ0n) is 31.4. The highest BCUT2D eigenvalue weighted by molar-refractivity contribution is 5.36. The van der Waals surface area contributed by atoms with Crippen molar-refractivity contribution in [2.45, 2.75) is 212 Å². The van der Waals surface area contributed by atoms with Crippen molar-refractivity contribution in [3.8, 4) is 0 Å².